The molecule has 2 heterocycles. The normalized spacial score (nSPS) is 22.5. The molecule has 6 heteroatoms. The Labute approximate surface area is 179 Å². The molecular formula is C25H19N3O3. The molecule has 0 aliphatic carbocycles. The monoisotopic (exact) mass is 409 g/mol. The first-order valence-electron chi connectivity index (χ1n) is 10.0. The predicted octanol–water partition coefficient (Wildman–Crippen LogP) is 3.92. The summed E-state index contributed by atoms with van der Waals surface area (Å²) in [5, 5.41) is 10.7. The maximum Gasteiger partial charge on any atom is 0.266 e. The lowest BCUT2D eigenvalue weighted by Gasteiger charge is -2.29. The zero-order valence-electron chi connectivity index (χ0n) is 16.8. The first-order valence-corrected chi connectivity index (χ1v) is 10.0. The van der Waals surface area contributed by atoms with Gasteiger partial charge in [-0.05, 0) is 54.4 Å². The SMILES string of the molecule is Cc1ccccc1C1C2C(=O)N(c3ccc(C#N)cc3)C(=O)C2ON1c1ccccc1. The van der Waals surface area contributed by atoms with Gasteiger partial charge < -0.3 is 0 Å². The van der Waals surface area contributed by atoms with Crippen molar-refractivity contribution in [1.29, 1.82) is 5.26 Å². The molecule has 2 amide bonds. The number of imide groups is 1. The molecule has 0 aromatic heterocycles. The maximum absolute atomic E-state index is 13.6. The second-order valence-electron chi connectivity index (χ2n) is 7.69. The van der Waals surface area contributed by atoms with E-state index in [1.54, 1.807) is 29.3 Å². The van der Waals surface area contributed by atoms with E-state index in [9.17, 15) is 9.59 Å². The fraction of sp³-hybridized carbons (Fsp3) is 0.160. The average molecular weight is 409 g/mol. The van der Waals surface area contributed by atoms with Crippen LogP contribution in [-0.2, 0) is 14.4 Å². The Balaban J connectivity index is 1.59. The summed E-state index contributed by atoms with van der Waals surface area (Å²) in [5.41, 5.74) is 3.67. The van der Waals surface area contributed by atoms with Gasteiger partial charge >= 0.3 is 0 Å². The Morgan fingerprint density at radius 2 is 1.52 bits per heavy atom. The molecule has 0 saturated carbocycles. The number of aryl methyl sites for hydroxylation is 1. The molecule has 3 aromatic rings. The van der Waals surface area contributed by atoms with Crippen LogP contribution in [0.15, 0.2) is 78.9 Å². The van der Waals surface area contributed by atoms with E-state index < -0.39 is 24.0 Å². The number of carbonyl (C=O) groups excluding carboxylic acids is 2. The van der Waals surface area contributed by atoms with E-state index in [1.165, 1.54) is 4.90 Å². The minimum Gasteiger partial charge on any atom is -0.273 e. The van der Waals surface area contributed by atoms with Gasteiger partial charge in [-0.3, -0.25) is 14.4 Å². The number of hydrogen-bond acceptors (Lipinski definition) is 5. The molecule has 0 radical (unpaired) electrons. The van der Waals surface area contributed by atoms with E-state index in [0.717, 1.165) is 16.8 Å². The molecule has 6 nitrogen and oxygen atoms in total. The number of anilines is 2. The number of nitriles is 1. The van der Waals surface area contributed by atoms with Gasteiger partial charge in [0.2, 0.25) is 5.91 Å². The molecule has 0 N–H and O–H groups in total. The van der Waals surface area contributed by atoms with Crippen molar-refractivity contribution in [3.05, 3.63) is 95.6 Å². The molecule has 3 unspecified atom stereocenters. The van der Waals surface area contributed by atoms with Crippen LogP contribution in [-0.4, -0.2) is 17.9 Å². The van der Waals surface area contributed by atoms with Crippen LogP contribution in [0.5, 0.6) is 0 Å². The Kier molecular flexibility index (Phi) is 4.54. The molecule has 3 aromatic carbocycles. The number of carbonyl (C=O) groups is 2. The summed E-state index contributed by atoms with van der Waals surface area (Å²) in [7, 11) is 0. The van der Waals surface area contributed by atoms with Crippen LogP contribution in [0.2, 0.25) is 0 Å². The van der Waals surface area contributed by atoms with E-state index in [2.05, 4.69) is 0 Å². The second kappa shape index (κ2) is 7.38. The maximum atomic E-state index is 13.6. The van der Waals surface area contributed by atoms with Crippen molar-refractivity contribution in [3.63, 3.8) is 0 Å². The molecular weight excluding hydrogens is 390 g/mol. The van der Waals surface area contributed by atoms with E-state index in [0.29, 0.717) is 11.3 Å². The van der Waals surface area contributed by atoms with Crippen LogP contribution in [0.1, 0.15) is 22.7 Å². The summed E-state index contributed by atoms with van der Waals surface area (Å²) in [6, 6.07) is 25.4. The van der Waals surface area contributed by atoms with Crippen LogP contribution in [0, 0.1) is 24.2 Å². The highest BCUT2D eigenvalue weighted by atomic mass is 16.7. The number of amides is 2. The zero-order valence-corrected chi connectivity index (χ0v) is 16.8. The number of benzene rings is 3. The molecule has 0 bridgehead atoms. The average Bonchev–Trinajstić information content (AvgIpc) is 3.31. The van der Waals surface area contributed by atoms with Crippen molar-refractivity contribution in [2.24, 2.45) is 5.92 Å². The second-order valence-corrected chi connectivity index (χ2v) is 7.69. The Morgan fingerprint density at radius 3 is 2.19 bits per heavy atom. The quantitative estimate of drug-likeness (QED) is 0.613. The summed E-state index contributed by atoms with van der Waals surface area (Å²) in [4.78, 5) is 34.2. The minimum absolute atomic E-state index is 0.300. The van der Waals surface area contributed by atoms with Crippen LogP contribution >= 0.6 is 0 Å². The fourth-order valence-electron chi connectivity index (χ4n) is 4.39. The van der Waals surface area contributed by atoms with Gasteiger partial charge in [-0.25, -0.2) is 9.96 Å². The number of rotatable bonds is 3. The number of hydroxylamine groups is 1. The summed E-state index contributed by atoms with van der Waals surface area (Å²) in [6.45, 7) is 1.99. The highest BCUT2D eigenvalue weighted by molar-refractivity contribution is 6.23. The van der Waals surface area contributed by atoms with Crippen molar-refractivity contribution in [2.75, 3.05) is 9.96 Å². The third-order valence-corrected chi connectivity index (χ3v) is 5.89. The van der Waals surface area contributed by atoms with Gasteiger partial charge in [0.25, 0.3) is 5.91 Å². The number of hydrogen-bond donors (Lipinski definition) is 0. The Bertz CT molecular complexity index is 1200. The number of nitrogens with zero attached hydrogens (tertiary/aromatic N) is 3. The van der Waals surface area contributed by atoms with Gasteiger partial charge in [0.05, 0.1) is 29.0 Å². The van der Waals surface area contributed by atoms with Gasteiger partial charge in [-0.15, -0.1) is 0 Å². The van der Waals surface area contributed by atoms with E-state index in [4.69, 9.17) is 10.1 Å². The smallest absolute Gasteiger partial charge is 0.266 e. The minimum atomic E-state index is -0.909. The van der Waals surface area contributed by atoms with Crippen molar-refractivity contribution in [3.8, 4) is 6.07 Å². The first kappa shape index (κ1) is 19.0. The summed E-state index contributed by atoms with van der Waals surface area (Å²) >= 11 is 0. The van der Waals surface area contributed by atoms with Crippen LogP contribution < -0.4 is 9.96 Å². The third kappa shape index (κ3) is 2.98. The summed E-state index contributed by atoms with van der Waals surface area (Å²) in [5.74, 6) is -1.37. The fourth-order valence-corrected chi connectivity index (χ4v) is 4.39. The lowest BCUT2D eigenvalue weighted by Crippen LogP contribution is -2.37. The number of fused-ring (bicyclic) bond motifs is 1. The van der Waals surface area contributed by atoms with Gasteiger partial charge in [0, 0.05) is 0 Å². The van der Waals surface area contributed by atoms with E-state index in [1.807, 2.05) is 67.6 Å². The molecule has 2 fully saturated rings. The largest absolute Gasteiger partial charge is 0.273 e. The van der Waals surface area contributed by atoms with Gasteiger partial charge in [0.1, 0.15) is 5.92 Å². The van der Waals surface area contributed by atoms with Crippen LogP contribution in [0.4, 0.5) is 11.4 Å². The zero-order chi connectivity index (χ0) is 21.5. The lowest BCUT2D eigenvalue weighted by atomic mass is 9.88. The van der Waals surface area contributed by atoms with Crippen molar-refractivity contribution in [1.82, 2.24) is 0 Å². The lowest BCUT2D eigenvalue weighted by molar-refractivity contribution is -0.126. The van der Waals surface area contributed by atoms with Crippen LogP contribution in [0.3, 0.4) is 0 Å². The summed E-state index contributed by atoms with van der Waals surface area (Å²) < 4.78 is 0. The molecule has 31 heavy (non-hydrogen) atoms. The van der Waals surface area contributed by atoms with Gasteiger partial charge in [-0.1, -0.05) is 42.5 Å². The Hall–Kier alpha value is -3.95. The first-order chi connectivity index (χ1) is 15.1. The van der Waals surface area contributed by atoms with Crippen LogP contribution in [0.25, 0.3) is 0 Å². The van der Waals surface area contributed by atoms with Crippen molar-refractivity contribution in [2.45, 2.75) is 19.1 Å². The van der Waals surface area contributed by atoms with Crippen molar-refractivity contribution >= 4 is 23.2 Å². The molecule has 2 aliphatic rings. The Morgan fingerprint density at radius 1 is 0.839 bits per heavy atom. The van der Waals surface area contributed by atoms with Gasteiger partial charge in [0.15, 0.2) is 6.10 Å². The molecule has 5 rings (SSSR count). The molecule has 152 valence electrons. The molecule has 2 saturated heterocycles. The van der Waals surface area contributed by atoms with Gasteiger partial charge in [-0.2, -0.15) is 5.26 Å². The highest BCUT2D eigenvalue weighted by Crippen LogP contribution is 2.48. The molecule has 2 aliphatic heterocycles. The summed E-state index contributed by atoms with van der Waals surface area (Å²) in [6.07, 6.45) is -0.909. The number of para-hydroxylation sites is 1. The third-order valence-electron chi connectivity index (χ3n) is 5.89. The topological polar surface area (TPSA) is 73.6 Å². The molecule has 3 atom stereocenters. The molecule has 0 spiro atoms. The standard InChI is InChI=1S/C25H19N3O3/c1-16-7-5-6-10-20(16)22-21-23(31-28(22)19-8-3-2-4-9-19)25(30)27(24(21)29)18-13-11-17(15-26)12-14-18/h2-14,21-23H,1H3. The highest BCUT2D eigenvalue weighted by Gasteiger charge is 2.60. The van der Waals surface area contributed by atoms with E-state index in [-0.39, 0.29) is 5.91 Å². The van der Waals surface area contributed by atoms with E-state index >= 15 is 0 Å². The predicted molar refractivity (Wildman–Crippen MR) is 115 cm³/mol. The van der Waals surface area contributed by atoms with Crippen molar-refractivity contribution < 1.29 is 14.4 Å².